The minimum absolute atomic E-state index is 0.0930. The SMILES string of the molecule is COc1ccc(Cl)cc1NC(=O)CN(C)C(=O)/C=C/c1ccc(SC)cc1. The molecule has 0 atom stereocenters. The van der Waals surface area contributed by atoms with Crippen LogP contribution in [-0.4, -0.2) is 43.7 Å². The summed E-state index contributed by atoms with van der Waals surface area (Å²) < 4.78 is 5.19. The van der Waals surface area contributed by atoms with Crippen LogP contribution in [0.4, 0.5) is 5.69 Å². The fourth-order valence-corrected chi connectivity index (χ4v) is 2.85. The topological polar surface area (TPSA) is 58.6 Å². The molecule has 0 aliphatic carbocycles. The molecule has 0 radical (unpaired) electrons. The van der Waals surface area contributed by atoms with Gasteiger partial charge in [0.25, 0.3) is 0 Å². The number of ether oxygens (including phenoxy) is 1. The van der Waals surface area contributed by atoms with Gasteiger partial charge < -0.3 is 15.0 Å². The van der Waals surface area contributed by atoms with Crippen LogP contribution in [0.3, 0.4) is 0 Å². The maximum Gasteiger partial charge on any atom is 0.246 e. The molecule has 5 nitrogen and oxygen atoms in total. The third-order valence-electron chi connectivity index (χ3n) is 3.73. The van der Waals surface area contributed by atoms with Gasteiger partial charge >= 0.3 is 0 Å². The maximum atomic E-state index is 12.2. The van der Waals surface area contributed by atoms with Gasteiger partial charge in [0.1, 0.15) is 5.75 Å². The average molecular weight is 405 g/mol. The summed E-state index contributed by atoms with van der Waals surface area (Å²) in [5.41, 5.74) is 1.38. The Morgan fingerprint density at radius 1 is 1.22 bits per heavy atom. The molecule has 0 unspecified atom stereocenters. The Morgan fingerprint density at radius 2 is 1.93 bits per heavy atom. The van der Waals surface area contributed by atoms with Crippen molar-refractivity contribution in [3.63, 3.8) is 0 Å². The highest BCUT2D eigenvalue weighted by atomic mass is 35.5. The van der Waals surface area contributed by atoms with Crippen molar-refractivity contribution in [2.45, 2.75) is 4.90 Å². The van der Waals surface area contributed by atoms with Crippen LogP contribution in [0.15, 0.2) is 53.4 Å². The summed E-state index contributed by atoms with van der Waals surface area (Å²) >= 11 is 7.61. The van der Waals surface area contributed by atoms with E-state index < -0.39 is 0 Å². The summed E-state index contributed by atoms with van der Waals surface area (Å²) in [6.45, 7) is -0.0930. The van der Waals surface area contributed by atoms with Gasteiger partial charge in [-0.25, -0.2) is 0 Å². The molecule has 2 amide bonds. The van der Waals surface area contributed by atoms with E-state index in [0.29, 0.717) is 16.5 Å². The number of amides is 2. The number of methoxy groups -OCH3 is 1. The first kappa shape index (κ1) is 20.9. The smallest absolute Gasteiger partial charge is 0.246 e. The lowest BCUT2D eigenvalue weighted by molar-refractivity contribution is -0.129. The van der Waals surface area contributed by atoms with Crippen molar-refractivity contribution >= 4 is 46.9 Å². The van der Waals surface area contributed by atoms with Crippen LogP contribution in [0.5, 0.6) is 5.75 Å². The lowest BCUT2D eigenvalue weighted by atomic mass is 10.2. The van der Waals surface area contributed by atoms with Gasteiger partial charge in [-0.2, -0.15) is 0 Å². The molecule has 0 saturated heterocycles. The molecule has 1 N–H and O–H groups in total. The van der Waals surface area contributed by atoms with Crippen molar-refractivity contribution in [1.29, 1.82) is 0 Å². The Morgan fingerprint density at radius 3 is 2.56 bits per heavy atom. The molecule has 7 heteroatoms. The molecular weight excluding hydrogens is 384 g/mol. The van der Waals surface area contributed by atoms with E-state index in [4.69, 9.17) is 16.3 Å². The van der Waals surface area contributed by atoms with Crippen LogP contribution in [0.1, 0.15) is 5.56 Å². The summed E-state index contributed by atoms with van der Waals surface area (Å²) in [6, 6.07) is 12.8. The Kier molecular flexibility index (Phi) is 7.76. The molecule has 2 rings (SSSR count). The normalized spacial score (nSPS) is 10.7. The van der Waals surface area contributed by atoms with E-state index in [1.165, 1.54) is 18.1 Å². The van der Waals surface area contributed by atoms with E-state index in [1.54, 1.807) is 43.1 Å². The number of carbonyl (C=O) groups excluding carboxylic acids is 2. The molecule has 2 aromatic rings. The molecule has 142 valence electrons. The van der Waals surface area contributed by atoms with E-state index in [9.17, 15) is 9.59 Å². The lowest BCUT2D eigenvalue weighted by Gasteiger charge is -2.16. The zero-order valence-electron chi connectivity index (χ0n) is 15.4. The number of rotatable bonds is 7. The van der Waals surface area contributed by atoms with E-state index in [1.807, 2.05) is 30.5 Å². The Hall–Kier alpha value is -2.44. The molecule has 0 heterocycles. The van der Waals surface area contributed by atoms with Gasteiger partial charge in [0.2, 0.25) is 11.8 Å². The second kappa shape index (κ2) is 10.0. The number of nitrogens with zero attached hydrogens (tertiary/aromatic N) is 1. The van der Waals surface area contributed by atoms with Crippen molar-refractivity contribution in [3.05, 3.63) is 59.1 Å². The first-order valence-electron chi connectivity index (χ1n) is 8.13. The Bertz CT molecular complexity index is 838. The van der Waals surface area contributed by atoms with Gasteiger partial charge in [-0.15, -0.1) is 11.8 Å². The van der Waals surface area contributed by atoms with Crippen molar-refractivity contribution in [2.24, 2.45) is 0 Å². The van der Waals surface area contributed by atoms with Crippen LogP contribution in [0, 0.1) is 0 Å². The molecule has 27 heavy (non-hydrogen) atoms. The fraction of sp³-hybridized carbons (Fsp3) is 0.200. The number of hydrogen-bond acceptors (Lipinski definition) is 4. The molecule has 0 fully saturated rings. The van der Waals surface area contributed by atoms with Crippen molar-refractivity contribution in [3.8, 4) is 5.75 Å². The van der Waals surface area contributed by atoms with Gasteiger partial charge in [0.05, 0.1) is 19.3 Å². The molecule has 0 bridgehead atoms. The number of anilines is 1. The molecule has 0 spiro atoms. The second-order valence-corrected chi connectivity index (χ2v) is 7.01. The number of benzene rings is 2. The molecular formula is C20H21ClN2O3S. The second-order valence-electron chi connectivity index (χ2n) is 5.69. The molecule has 0 aliphatic rings. The maximum absolute atomic E-state index is 12.2. The number of thioether (sulfide) groups is 1. The third-order valence-corrected chi connectivity index (χ3v) is 4.71. The fourth-order valence-electron chi connectivity index (χ4n) is 2.27. The number of carbonyl (C=O) groups is 2. The molecule has 0 saturated carbocycles. The summed E-state index contributed by atoms with van der Waals surface area (Å²) in [5, 5.41) is 3.18. The first-order valence-corrected chi connectivity index (χ1v) is 9.74. The lowest BCUT2D eigenvalue weighted by Crippen LogP contribution is -2.33. The monoisotopic (exact) mass is 404 g/mol. The standard InChI is InChI=1S/C20H21ClN2O3S/c1-23(20(25)11-6-14-4-8-16(27-3)9-5-14)13-19(24)22-17-12-15(21)7-10-18(17)26-2/h4-12H,13H2,1-3H3,(H,22,24)/b11-6+. The minimum Gasteiger partial charge on any atom is -0.495 e. The van der Waals surface area contributed by atoms with Gasteiger partial charge in [0.15, 0.2) is 0 Å². The van der Waals surface area contributed by atoms with Crippen LogP contribution >= 0.6 is 23.4 Å². The van der Waals surface area contributed by atoms with E-state index in [2.05, 4.69) is 5.32 Å². The van der Waals surface area contributed by atoms with E-state index >= 15 is 0 Å². The Labute approximate surface area is 168 Å². The summed E-state index contributed by atoms with van der Waals surface area (Å²) in [4.78, 5) is 26.9. The average Bonchev–Trinajstić information content (AvgIpc) is 2.66. The largest absolute Gasteiger partial charge is 0.495 e. The van der Waals surface area contributed by atoms with E-state index in [-0.39, 0.29) is 18.4 Å². The van der Waals surface area contributed by atoms with Gasteiger partial charge in [-0.3, -0.25) is 9.59 Å². The summed E-state index contributed by atoms with van der Waals surface area (Å²) in [5.74, 6) is -0.114. The van der Waals surface area contributed by atoms with Crippen molar-refractivity contribution in [1.82, 2.24) is 4.90 Å². The molecule has 0 aromatic heterocycles. The first-order chi connectivity index (χ1) is 12.9. The van der Waals surface area contributed by atoms with Crippen LogP contribution in [0.25, 0.3) is 6.08 Å². The van der Waals surface area contributed by atoms with Crippen molar-refractivity contribution in [2.75, 3.05) is 32.3 Å². The number of hydrogen-bond donors (Lipinski definition) is 1. The van der Waals surface area contributed by atoms with Gasteiger partial charge in [0, 0.05) is 23.0 Å². The zero-order valence-corrected chi connectivity index (χ0v) is 16.9. The van der Waals surface area contributed by atoms with Crippen LogP contribution in [-0.2, 0) is 9.59 Å². The summed E-state index contributed by atoms with van der Waals surface area (Å²) in [6.07, 6.45) is 5.18. The highest BCUT2D eigenvalue weighted by Gasteiger charge is 2.13. The van der Waals surface area contributed by atoms with Crippen LogP contribution < -0.4 is 10.1 Å². The number of halogens is 1. The van der Waals surface area contributed by atoms with E-state index in [0.717, 1.165) is 10.5 Å². The summed E-state index contributed by atoms with van der Waals surface area (Å²) in [7, 11) is 3.07. The van der Waals surface area contributed by atoms with Crippen molar-refractivity contribution < 1.29 is 14.3 Å². The number of nitrogens with one attached hydrogen (secondary N) is 1. The molecule has 2 aromatic carbocycles. The number of likely N-dealkylation sites (N-methyl/N-ethyl adjacent to an activating group) is 1. The highest BCUT2D eigenvalue weighted by molar-refractivity contribution is 7.98. The zero-order chi connectivity index (χ0) is 19.8. The Balaban J connectivity index is 1.94. The van der Waals surface area contributed by atoms with Crippen LogP contribution in [0.2, 0.25) is 5.02 Å². The predicted octanol–water partition coefficient (Wildman–Crippen LogP) is 4.18. The minimum atomic E-state index is -0.343. The predicted molar refractivity (Wildman–Crippen MR) is 112 cm³/mol. The third kappa shape index (κ3) is 6.34. The van der Waals surface area contributed by atoms with Gasteiger partial charge in [-0.1, -0.05) is 23.7 Å². The quantitative estimate of drug-likeness (QED) is 0.555. The van der Waals surface area contributed by atoms with Gasteiger partial charge in [-0.05, 0) is 48.2 Å². The molecule has 0 aliphatic heterocycles. The highest BCUT2D eigenvalue weighted by Crippen LogP contribution is 2.27.